The largest absolute Gasteiger partial charge is 0.370 e. The second kappa shape index (κ2) is 4.33. The zero-order valence-electron chi connectivity index (χ0n) is 8.77. The van der Waals surface area contributed by atoms with Crippen molar-refractivity contribution >= 4 is 28.5 Å². The Morgan fingerprint density at radius 3 is 2.64 bits per heavy atom. The lowest BCUT2D eigenvalue weighted by Gasteiger charge is -2.30. The van der Waals surface area contributed by atoms with Crippen LogP contribution in [-0.4, -0.2) is 36.1 Å². The Morgan fingerprint density at radius 1 is 1.64 bits per heavy atom. The van der Waals surface area contributed by atoms with Crippen LogP contribution in [0.2, 0.25) is 0 Å². The maximum Gasteiger partial charge on any atom is 0.166 e. The highest BCUT2D eigenvalue weighted by Gasteiger charge is 2.35. The van der Waals surface area contributed by atoms with E-state index < -0.39 is 5.60 Å². The topological polar surface area (TPSA) is 25.4 Å². The Labute approximate surface area is 93.7 Å². The number of rotatable bonds is 3. The lowest BCUT2D eigenvalue weighted by molar-refractivity contribution is 0.0581. The highest BCUT2D eigenvalue weighted by atomic mass is 32.1. The summed E-state index contributed by atoms with van der Waals surface area (Å²) in [7, 11) is 5.47. The Hall–Kier alpha value is -0.520. The van der Waals surface area contributed by atoms with Crippen molar-refractivity contribution in [2.45, 2.75) is 12.5 Å². The molecule has 0 aromatic carbocycles. The highest BCUT2D eigenvalue weighted by Crippen LogP contribution is 2.28. The maximum absolute atomic E-state index is 5.47. The normalized spacial score (nSPS) is 14.9. The van der Waals surface area contributed by atoms with Crippen LogP contribution < -0.4 is 0 Å². The summed E-state index contributed by atoms with van der Waals surface area (Å²) in [5.41, 5.74) is -0.590. The number of thiazole rings is 1. The molecule has 0 fully saturated rings. The molecule has 0 aliphatic heterocycles. The molecule has 78 valence electrons. The van der Waals surface area contributed by atoms with Crippen molar-refractivity contribution in [2.24, 2.45) is 0 Å². The summed E-state index contributed by atoms with van der Waals surface area (Å²) in [4.78, 5) is 6.85. The van der Waals surface area contributed by atoms with Crippen LogP contribution in [0.25, 0.3) is 0 Å². The molecule has 0 saturated heterocycles. The Kier molecular flexibility index (Phi) is 3.58. The van der Waals surface area contributed by atoms with Gasteiger partial charge in [-0.15, -0.1) is 11.3 Å². The molecule has 1 atom stereocenters. The number of nitrogens with zero attached hydrogens (tertiary/aromatic N) is 2. The molecule has 0 N–H and O–H groups in total. The smallest absolute Gasteiger partial charge is 0.166 e. The molecule has 1 rings (SSSR count). The van der Waals surface area contributed by atoms with E-state index in [9.17, 15) is 0 Å². The van der Waals surface area contributed by atoms with Crippen molar-refractivity contribution < 1.29 is 4.74 Å². The van der Waals surface area contributed by atoms with Crippen molar-refractivity contribution in [3.8, 4) is 0 Å². The fourth-order valence-electron chi connectivity index (χ4n) is 1.15. The third kappa shape index (κ3) is 1.94. The first-order chi connectivity index (χ1) is 6.52. The standard InChI is InChI=1S/C9H14N2OS2/c1-9(12-4,8(13)11(2)3)7-10-5-6-14-7/h5-6H,1-4H3. The molecule has 1 unspecified atom stereocenters. The van der Waals surface area contributed by atoms with E-state index in [4.69, 9.17) is 17.0 Å². The van der Waals surface area contributed by atoms with Gasteiger partial charge in [-0.05, 0) is 6.92 Å². The highest BCUT2D eigenvalue weighted by molar-refractivity contribution is 7.80. The Morgan fingerprint density at radius 2 is 2.29 bits per heavy atom. The van der Waals surface area contributed by atoms with E-state index in [1.807, 2.05) is 31.3 Å². The van der Waals surface area contributed by atoms with E-state index in [-0.39, 0.29) is 0 Å². The number of likely N-dealkylation sites (N-methyl/N-ethyl adjacent to an activating group) is 1. The van der Waals surface area contributed by atoms with Gasteiger partial charge in [0.25, 0.3) is 0 Å². The van der Waals surface area contributed by atoms with Crippen LogP contribution in [0.1, 0.15) is 11.9 Å². The average Bonchev–Trinajstić information content (AvgIpc) is 2.68. The van der Waals surface area contributed by atoms with Crippen LogP contribution in [-0.2, 0) is 10.3 Å². The SMILES string of the molecule is COC(C)(C(=S)N(C)C)c1nccs1. The summed E-state index contributed by atoms with van der Waals surface area (Å²) >= 11 is 6.88. The van der Waals surface area contributed by atoms with E-state index in [2.05, 4.69) is 4.98 Å². The summed E-state index contributed by atoms with van der Waals surface area (Å²) in [5, 5.41) is 2.81. The predicted octanol–water partition coefficient (Wildman–Crippen LogP) is 1.89. The lowest BCUT2D eigenvalue weighted by Crippen LogP contribution is -2.41. The van der Waals surface area contributed by atoms with Gasteiger partial charge in [-0.3, -0.25) is 0 Å². The van der Waals surface area contributed by atoms with Crippen LogP contribution in [0.3, 0.4) is 0 Å². The second-order valence-corrected chi connectivity index (χ2v) is 4.56. The van der Waals surface area contributed by atoms with E-state index in [0.29, 0.717) is 0 Å². The molecule has 0 aliphatic rings. The first kappa shape index (κ1) is 11.6. The van der Waals surface area contributed by atoms with Crippen molar-refractivity contribution in [1.29, 1.82) is 0 Å². The van der Waals surface area contributed by atoms with Crippen molar-refractivity contribution in [3.05, 3.63) is 16.6 Å². The van der Waals surface area contributed by atoms with Crippen LogP contribution in [0.4, 0.5) is 0 Å². The molecule has 0 aliphatic carbocycles. The van der Waals surface area contributed by atoms with Gasteiger partial charge in [0, 0.05) is 32.8 Å². The monoisotopic (exact) mass is 230 g/mol. The van der Waals surface area contributed by atoms with Gasteiger partial charge in [-0.25, -0.2) is 4.98 Å². The molecule has 1 heterocycles. The first-order valence-electron chi connectivity index (χ1n) is 4.19. The molecule has 0 bridgehead atoms. The summed E-state index contributed by atoms with van der Waals surface area (Å²) < 4.78 is 5.47. The summed E-state index contributed by atoms with van der Waals surface area (Å²) in [6, 6.07) is 0. The minimum Gasteiger partial charge on any atom is -0.370 e. The summed E-state index contributed by atoms with van der Waals surface area (Å²) in [6.07, 6.45) is 1.76. The number of hydrogen-bond donors (Lipinski definition) is 0. The molecule has 14 heavy (non-hydrogen) atoms. The first-order valence-corrected chi connectivity index (χ1v) is 5.48. The summed E-state index contributed by atoms with van der Waals surface area (Å²) in [5.74, 6) is 0. The molecule has 0 spiro atoms. The second-order valence-electron chi connectivity index (χ2n) is 3.27. The zero-order valence-corrected chi connectivity index (χ0v) is 10.4. The molecule has 0 saturated carbocycles. The molecular weight excluding hydrogens is 216 g/mol. The fraction of sp³-hybridized carbons (Fsp3) is 0.556. The molecule has 1 aromatic heterocycles. The van der Waals surface area contributed by atoms with Crippen molar-refractivity contribution in [2.75, 3.05) is 21.2 Å². The van der Waals surface area contributed by atoms with Crippen molar-refractivity contribution in [3.63, 3.8) is 0 Å². The Balaban J connectivity index is 3.04. The van der Waals surface area contributed by atoms with Gasteiger partial charge in [0.15, 0.2) is 5.60 Å². The van der Waals surface area contributed by atoms with E-state index in [0.717, 1.165) is 10.00 Å². The third-order valence-electron chi connectivity index (χ3n) is 2.06. The predicted molar refractivity (Wildman–Crippen MR) is 62.8 cm³/mol. The van der Waals surface area contributed by atoms with Gasteiger partial charge in [-0.2, -0.15) is 0 Å². The molecule has 0 radical (unpaired) electrons. The lowest BCUT2D eigenvalue weighted by atomic mass is 10.1. The minimum absolute atomic E-state index is 0.590. The van der Waals surface area contributed by atoms with Gasteiger partial charge in [0.2, 0.25) is 0 Å². The van der Waals surface area contributed by atoms with E-state index >= 15 is 0 Å². The molecule has 0 amide bonds. The molecule has 5 heteroatoms. The van der Waals surface area contributed by atoms with Crippen LogP contribution in [0.5, 0.6) is 0 Å². The third-order valence-corrected chi connectivity index (χ3v) is 3.79. The van der Waals surface area contributed by atoms with Gasteiger partial charge in [0.05, 0.1) is 0 Å². The van der Waals surface area contributed by atoms with Crippen molar-refractivity contribution in [1.82, 2.24) is 9.88 Å². The fourth-order valence-corrected chi connectivity index (χ4v) is 2.17. The van der Waals surface area contributed by atoms with Crippen LogP contribution >= 0.6 is 23.6 Å². The van der Waals surface area contributed by atoms with Gasteiger partial charge in [0.1, 0.15) is 10.00 Å². The minimum atomic E-state index is -0.590. The number of thiocarbonyl (C=S) groups is 1. The maximum atomic E-state index is 5.47. The molecule has 3 nitrogen and oxygen atoms in total. The molecule has 1 aromatic rings. The van der Waals surface area contributed by atoms with Gasteiger partial charge >= 0.3 is 0 Å². The quantitative estimate of drug-likeness (QED) is 0.741. The summed E-state index contributed by atoms with van der Waals surface area (Å²) in [6.45, 7) is 1.94. The number of hydrogen-bond acceptors (Lipinski definition) is 4. The number of methoxy groups -OCH3 is 1. The number of ether oxygens (including phenoxy) is 1. The van der Waals surface area contributed by atoms with Gasteiger partial charge < -0.3 is 9.64 Å². The van der Waals surface area contributed by atoms with Gasteiger partial charge in [-0.1, -0.05) is 12.2 Å². The number of aromatic nitrogens is 1. The average molecular weight is 230 g/mol. The zero-order chi connectivity index (χ0) is 10.8. The van der Waals surface area contributed by atoms with E-state index in [1.165, 1.54) is 0 Å². The van der Waals surface area contributed by atoms with Crippen LogP contribution in [0.15, 0.2) is 11.6 Å². The molecular formula is C9H14N2OS2. The van der Waals surface area contributed by atoms with E-state index in [1.54, 1.807) is 24.6 Å². The van der Waals surface area contributed by atoms with Crippen LogP contribution in [0, 0.1) is 0 Å². The Bertz CT molecular complexity index is 311.